The number of hydrogen-bond acceptors (Lipinski definition) is 3. The molecule has 1 saturated heterocycles. The highest BCUT2D eigenvalue weighted by molar-refractivity contribution is 5.85. The molecule has 0 saturated carbocycles. The highest BCUT2D eigenvalue weighted by Gasteiger charge is 2.10. The van der Waals surface area contributed by atoms with Crippen LogP contribution in [0.3, 0.4) is 0 Å². The number of rotatable bonds is 5. The lowest BCUT2D eigenvalue weighted by atomic mass is 9.98. The SMILES string of the molecule is Cc1cc(OCCN2CCOCC2)ccc1C(C)C.Cl. The number of morpholine rings is 1. The third kappa shape index (κ3) is 4.97. The number of halogens is 1. The first-order valence-electron chi connectivity index (χ1n) is 7.20. The lowest BCUT2D eigenvalue weighted by Gasteiger charge is -2.26. The van der Waals surface area contributed by atoms with E-state index in [1.54, 1.807) is 0 Å². The molecule has 1 aliphatic heterocycles. The standard InChI is InChI=1S/C16H25NO2.ClH/c1-13(2)16-5-4-15(12-14(16)3)19-11-8-17-6-9-18-10-7-17;/h4-5,12-13H,6-11H2,1-3H3;1H. The lowest BCUT2D eigenvalue weighted by Crippen LogP contribution is -2.38. The van der Waals surface area contributed by atoms with Crippen molar-refractivity contribution in [3.05, 3.63) is 29.3 Å². The summed E-state index contributed by atoms with van der Waals surface area (Å²) >= 11 is 0. The Balaban J connectivity index is 0.00000200. The second kappa shape index (κ2) is 8.50. The van der Waals surface area contributed by atoms with Crippen LogP contribution in [0.5, 0.6) is 5.75 Å². The third-order valence-electron chi connectivity index (χ3n) is 3.64. The molecular weight excluding hydrogens is 274 g/mol. The summed E-state index contributed by atoms with van der Waals surface area (Å²) < 4.78 is 11.2. The monoisotopic (exact) mass is 299 g/mol. The van der Waals surface area contributed by atoms with E-state index in [1.807, 2.05) is 0 Å². The van der Waals surface area contributed by atoms with Crippen molar-refractivity contribution >= 4 is 12.4 Å². The van der Waals surface area contributed by atoms with Crippen molar-refractivity contribution in [3.63, 3.8) is 0 Å². The van der Waals surface area contributed by atoms with E-state index in [0.29, 0.717) is 5.92 Å². The van der Waals surface area contributed by atoms with E-state index in [1.165, 1.54) is 11.1 Å². The summed E-state index contributed by atoms with van der Waals surface area (Å²) in [5.74, 6) is 1.55. The van der Waals surface area contributed by atoms with Gasteiger partial charge >= 0.3 is 0 Å². The minimum atomic E-state index is 0. The summed E-state index contributed by atoms with van der Waals surface area (Å²) in [7, 11) is 0. The Morgan fingerprint density at radius 3 is 2.55 bits per heavy atom. The molecule has 0 aromatic heterocycles. The van der Waals surface area contributed by atoms with Crippen LogP contribution in [0.25, 0.3) is 0 Å². The highest BCUT2D eigenvalue weighted by atomic mass is 35.5. The Morgan fingerprint density at radius 1 is 1.25 bits per heavy atom. The van der Waals surface area contributed by atoms with Crippen molar-refractivity contribution in [2.45, 2.75) is 26.7 Å². The molecule has 1 aromatic carbocycles. The van der Waals surface area contributed by atoms with Crippen LogP contribution in [0.2, 0.25) is 0 Å². The number of aryl methyl sites for hydroxylation is 1. The zero-order valence-corrected chi connectivity index (χ0v) is 13.5. The first-order valence-corrected chi connectivity index (χ1v) is 7.20. The number of benzene rings is 1. The van der Waals surface area contributed by atoms with E-state index < -0.39 is 0 Å². The second-order valence-corrected chi connectivity index (χ2v) is 5.48. The Kier molecular flexibility index (Phi) is 7.35. The molecule has 1 fully saturated rings. The molecule has 20 heavy (non-hydrogen) atoms. The molecule has 1 aliphatic rings. The largest absolute Gasteiger partial charge is 0.492 e. The minimum Gasteiger partial charge on any atom is -0.492 e. The van der Waals surface area contributed by atoms with Gasteiger partial charge in [-0.2, -0.15) is 0 Å². The van der Waals surface area contributed by atoms with Crippen LogP contribution >= 0.6 is 12.4 Å². The average Bonchev–Trinajstić information content (AvgIpc) is 2.39. The van der Waals surface area contributed by atoms with Gasteiger partial charge < -0.3 is 9.47 Å². The maximum Gasteiger partial charge on any atom is 0.119 e. The van der Waals surface area contributed by atoms with Crippen molar-refractivity contribution in [2.75, 3.05) is 39.5 Å². The van der Waals surface area contributed by atoms with Crippen LogP contribution in [0.15, 0.2) is 18.2 Å². The minimum absolute atomic E-state index is 0. The first-order chi connectivity index (χ1) is 9.16. The summed E-state index contributed by atoms with van der Waals surface area (Å²) in [5, 5.41) is 0. The molecule has 4 heteroatoms. The fourth-order valence-corrected chi connectivity index (χ4v) is 2.50. The zero-order valence-electron chi connectivity index (χ0n) is 12.7. The molecule has 0 spiro atoms. The van der Waals surface area contributed by atoms with Crippen LogP contribution in [0.1, 0.15) is 30.9 Å². The molecule has 0 N–H and O–H groups in total. The van der Waals surface area contributed by atoms with Gasteiger partial charge in [0.1, 0.15) is 12.4 Å². The topological polar surface area (TPSA) is 21.7 Å². The summed E-state index contributed by atoms with van der Waals surface area (Å²) in [6.07, 6.45) is 0. The van der Waals surface area contributed by atoms with Gasteiger partial charge in [-0.05, 0) is 36.1 Å². The Hall–Kier alpha value is -0.770. The Bertz CT molecular complexity index is 403. The van der Waals surface area contributed by atoms with Gasteiger partial charge in [-0.3, -0.25) is 4.90 Å². The van der Waals surface area contributed by atoms with E-state index >= 15 is 0 Å². The third-order valence-corrected chi connectivity index (χ3v) is 3.64. The van der Waals surface area contributed by atoms with E-state index in [2.05, 4.69) is 43.9 Å². The van der Waals surface area contributed by atoms with Crippen LogP contribution in [0.4, 0.5) is 0 Å². The molecule has 2 rings (SSSR count). The Labute approximate surface area is 128 Å². The molecule has 0 radical (unpaired) electrons. The molecule has 3 nitrogen and oxygen atoms in total. The van der Waals surface area contributed by atoms with Crippen molar-refractivity contribution < 1.29 is 9.47 Å². The van der Waals surface area contributed by atoms with Gasteiger partial charge in [-0.15, -0.1) is 12.4 Å². The summed E-state index contributed by atoms with van der Waals surface area (Å²) in [6.45, 7) is 12.1. The average molecular weight is 300 g/mol. The first kappa shape index (κ1) is 17.3. The highest BCUT2D eigenvalue weighted by Crippen LogP contribution is 2.23. The number of nitrogens with zero attached hydrogens (tertiary/aromatic N) is 1. The fraction of sp³-hybridized carbons (Fsp3) is 0.625. The van der Waals surface area contributed by atoms with Gasteiger partial charge in [0.25, 0.3) is 0 Å². The predicted molar refractivity (Wildman–Crippen MR) is 85.3 cm³/mol. The van der Waals surface area contributed by atoms with Gasteiger partial charge in [-0.1, -0.05) is 19.9 Å². The van der Waals surface area contributed by atoms with E-state index in [9.17, 15) is 0 Å². The molecule has 1 aromatic rings. The molecular formula is C16H26ClNO2. The van der Waals surface area contributed by atoms with E-state index in [-0.39, 0.29) is 12.4 Å². The summed E-state index contributed by atoms with van der Waals surface area (Å²) in [5.41, 5.74) is 2.72. The molecule has 0 atom stereocenters. The fourth-order valence-electron chi connectivity index (χ4n) is 2.50. The van der Waals surface area contributed by atoms with Gasteiger partial charge in [0.05, 0.1) is 13.2 Å². The maximum absolute atomic E-state index is 5.84. The van der Waals surface area contributed by atoms with Gasteiger partial charge in [0.15, 0.2) is 0 Å². The maximum atomic E-state index is 5.84. The number of ether oxygens (including phenoxy) is 2. The molecule has 0 bridgehead atoms. The number of hydrogen-bond donors (Lipinski definition) is 0. The Morgan fingerprint density at radius 2 is 1.95 bits per heavy atom. The lowest BCUT2D eigenvalue weighted by molar-refractivity contribution is 0.0322. The van der Waals surface area contributed by atoms with E-state index in [0.717, 1.165) is 45.2 Å². The molecule has 0 aliphatic carbocycles. The van der Waals surface area contributed by atoms with Gasteiger partial charge in [0.2, 0.25) is 0 Å². The van der Waals surface area contributed by atoms with Crippen molar-refractivity contribution in [2.24, 2.45) is 0 Å². The molecule has 114 valence electrons. The smallest absolute Gasteiger partial charge is 0.119 e. The second-order valence-electron chi connectivity index (χ2n) is 5.48. The molecule has 1 heterocycles. The van der Waals surface area contributed by atoms with Crippen LogP contribution in [-0.4, -0.2) is 44.4 Å². The van der Waals surface area contributed by atoms with Crippen molar-refractivity contribution in [1.29, 1.82) is 0 Å². The van der Waals surface area contributed by atoms with Crippen molar-refractivity contribution in [1.82, 2.24) is 4.90 Å². The van der Waals surface area contributed by atoms with Crippen LogP contribution < -0.4 is 4.74 Å². The molecule has 0 amide bonds. The normalized spacial score (nSPS) is 16.0. The van der Waals surface area contributed by atoms with Crippen LogP contribution in [0, 0.1) is 6.92 Å². The van der Waals surface area contributed by atoms with Crippen molar-refractivity contribution in [3.8, 4) is 5.75 Å². The molecule has 0 unspecified atom stereocenters. The van der Waals surface area contributed by atoms with E-state index in [4.69, 9.17) is 9.47 Å². The van der Waals surface area contributed by atoms with Gasteiger partial charge in [-0.25, -0.2) is 0 Å². The predicted octanol–water partition coefficient (Wildman–Crippen LogP) is 3.25. The summed E-state index contributed by atoms with van der Waals surface area (Å²) in [6, 6.07) is 6.42. The van der Waals surface area contributed by atoms with Crippen LogP contribution in [-0.2, 0) is 4.74 Å². The summed E-state index contributed by atoms with van der Waals surface area (Å²) in [4.78, 5) is 2.39. The zero-order chi connectivity index (χ0) is 13.7. The quantitative estimate of drug-likeness (QED) is 0.833. The van der Waals surface area contributed by atoms with Gasteiger partial charge in [0, 0.05) is 19.6 Å².